The molecule has 6 nitrogen and oxygen atoms in total. The molecule has 1 N–H and O–H groups in total. The van der Waals surface area contributed by atoms with Gasteiger partial charge in [0.05, 0.1) is 23.6 Å². The number of nitrogens with one attached hydrogen (secondary N) is 1. The van der Waals surface area contributed by atoms with Gasteiger partial charge in [0.25, 0.3) is 0 Å². The van der Waals surface area contributed by atoms with Crippen molar-refractivity contribution in [1.82, 2.24) is 4.98 Å². The van der Waals surface area contributed by atoms with Crippen LogP contribution in [0.2, 0.25) is 0 Å². The molecule has 2 aromatic heterocycles. The predicted octanol–water partition coefficient (Wildman–Crippen LogP) is 8.37. The monoisotopic (exact) mass is 601 g/mol. The summed E-state index contributed by atoms with van der Waals surface area (Å²) in [6.07, 6.45) is 3.33. The van der Waals surface area contributed by atoms with Crippen molar-refractivity contribution in [2.24, 2.45) is 0 Å². The highest BCUT2D eigenvalue weighted by atomic mass is 32.2. The first-order valence-corrected chi connectivity index (χ1v) is 15.2. The minimum Gasteiger partial charge on any atom is -0.497 e. The van der Waals surface area contributed by atoms with Gasteiger partial charge in [-0.2, -0.15) is 5.26 Å². The molecule has 1 amide bonds. The van der Waals surface area contributed by atoms with Gasteiger partial charge in [0.1, 0.15) is 16.8 Å². The number of methoxy groups -OCH3 is 1. The second kappa shape index (κ2) is 13.8. The lowest BCUT2D eigenvalue weighted by molar-refractivity contribution is -0.115. The number of ether oxygens (including phenoxy) is 1. The van der Waals surface area contributed by atoms with Crippen LogP contribution in [0.4, 0.5) is 5.69 Å². The number of carbonyl (C=O) groups excluding carboxylic acids is 2. The average Bonchev–Trinajstić information content (AvgIpc) is 3.58. The van der Waals surface area contributed by atoms with E-state index >= 15 is 0 Å². The summed E-state index contributed by atoms with van der Waals surface area (Å²) in [6.45, 7) is 1.77. The smallest absolute Gasteiger partial charge is 0.237 e. The molecule has 0 saturated heterocycles. The van der Waals surface area contributed by atoms with E-state index in [1.54, 1.807) is 61.8 Å². The molecule has 5 rings (SSSR count). The van der Waals surface area contributed by atoms with E-state index in [2.05, 4.69) is 11.4 Å². The summed E-state index contributed by atoms with van der Waals surface area (Å²) in [5.41, 5.74) is 4.61. The van der Waals surface area contributed by atoms with Gasteiger partial charge < -0.3 is 10.1 Å². The van der Waals surface area contributed by atoms with Gasteiger partial charge in [0.2, 0.25) is 5.91 Å². The minimum absolute atomic E-state index is 0.115. The molecule has 5 aromatic rings. The first kappa shape index (κ1) is 29.5. The summed E-state index contributed by atoms with van der Waals surface area (Å²) in [5.74, 6) is 0.328. The van der Waals surface area contributed by atoms with Gasteiger partial charge in [-0.15, -0.1) is 11.3 Å². The molecule has 0 bridgehead atoms. The van der Waals surface area contributed by atoms with Gasteiger partial charge in [-0.3, -0.25) is 9.59 Å². The van der Waals surface area contributed by atoms with Gasteiger partial charge >= 0.3 is 0 Å². The SMILES string of the molecule is COc1cccc(-c2cc(-c3ccccc3)c(C#N)c(SC(C)C(=O)Nc3ccc(C(=O)C=Cc4cccs4)cc3)n2)c1. The van der Waals surface area contributed by atoms with Crippen LogP contribution in [0.1, 0.15) is 27.7 Å². The van der Waals surface area contributed by atoms with E-state index in [0.29, 0.717) is 33.3 Å². The van der Waals surface area contributed by atoms with E-state index in [1.807, 2.05) is 78.2 Å². The molecule has 3 aromatic carbocycles. The van der Waals surface area contributed by atoms with Crippen molar-refractivity contribution in [3.05, 3.63) is 125 Å². The van der Waals surface area contributed by atoms with E-state index in [4.69, 9.17) is 9.72 Å². The first-order chi connectivity index (χ1) is 20.9. The van der Waals surface area contributed by atoms with Crippen LogP contribution >= 0.6 is 23.1 Å². The maximum absolute atomic E-state index is 13.2. The Morgan fingerprint density at radius 2 is 1.74 bits per heavy atom. The largest absolute Gasteiger partial charge is 0.497 e. The number of amides is 1. The molecular weight excluding hydrogens is 575 g/mol. The number of thiophene rings is 1. The zero-order chi connectivity index (χ0) is 30.2. The number of aromatic nitrogens is 1. The highest BCUT2D eigenvalue weighted by molar-refractivity contribution is 8.00. The van der Waals surface area contributed by atoms with Gasteiger partial charge in [0, 0.05) is 27.3 Å². The number of benzene rings is 3. The molecule has 0 radical (unpaired) electrons. The van der Waals surface area contributed by atoms with Crippen LogP contribution in [0.15, 0.2) is 114 Å². The van der Waals surface area contributed by atoms with Crippen LogP contribution in [0, 0.1) is 11.3 Å². The number of ketones is 1. The lowest BCUT2D eigenvalue weighted by atomic mass is 9.99. The van der Waals surface area contributed by atoms with Crippen molar-refractivity contribution in [2.75, 3.05) is 12.4 Å². The van der Waals surface area contributed by atoms with Crippen molar-refractivity contribution in [3.8, 4) is 34.2 Å². The van der Waals surface area contributed by atoms with Crippen LogP contribution in [0.3, 0.4) is 0 Å². The number of hydrogen-bond acceptors (Lipinski definition) is 7. The average molecular weight is 602 g/mol. The molecule has 8 heteroatoms. The first-order valence-electron chi connectivity index (χ1n) is 13.4. The Balaban J connectivity index is 1.37. The quantitative estimate of drug-likeness (QED) is 0.0982. The molecule has 212 valence electrons. The topological polar surface area (TPSA) is 92.1 Å². The zero-order valence-corrected chi connectivity index (χ0v) is 25.1. The molecule has 1 unspecified atom stereocenters. The summed E-state index contributed by atoms with van der Waals surface area (Å²) in [7, 11) is 1.61. The number of pyridine rings is 1. The maximum atomic E-state index is 13.2. The second-order valence-corrected chi connectivity index (χ2v) is 11.8. The summed E-state index contributed by atoms with van der Waals surface area (Å²) < 4.78 is 5.41. The summed E-state index contributed by atoms with van der Waals surface area (Å²) >= 11 is 2.78. The number of thioether (sulfide) groups is 1. The van der Waals surface area contributed by atoms with Crippen LogP contribution in [0.25, 0.3) is 28.5 Å². The fourth-order valence-corrected chi connectivity index (χ4v) is 5.86. The predicted molar refractivity (Wildman–Crippen MR) is 174 cm³/mol. The Kier molecular flexibility index (Phi) is 9.47. The molecule has 0 aliphatic rings. The van der Waals surface area contributed by atoms with Crippen molar-refractivity contribution < 1.29 is 14.3 Å². The Labute approximate surface area is 258 Å². The van der Waals surface area contributed by atoms with Crippen LogP contribution in [-0.2, 0) is 4.79 Å². The summed E-state index contributed by atoms with van der Waals surface area (Å²) in [4.78, 5) is 31.6. The highest BCUT2D eigenvalue weighted by Crippen LogP contribution is 2.36. The second-order valence-electron chi connectivity index (χ2n) is 9.48. The van der Waals surface area contributed by atoms with Crippen LogP contribution in [0.5, 0.6) is 5.75 Å². The molecule has 1 atom stereocenters. The van der Waals surface area contributed by atoms with Crippen LogP contribution in [-0.4, -0.2) is 29.0 Å². The van der Waals surface area contributed by atoms with Crippen molar-refractivity contribution in [3.63, 3.8) is 0 Å². The number of allylic oxidation sites excluding steroid dienone is 1. The zero-order valence-electron chi connectivity index (χ0n) is 23.5. The standard InChI is InChI=1S/C35H27N3O3S2/c1-23(34(40)37-27-15-13-25(14-16-27)33(39)18-17-29-12-7-19-42-29)43-35-31(22-36)30(24-8-4-3-5-9-24)21-32(38-35)26-10-6-11-28(20-26)41-2/h3-21,23H,1-2H3,(H,37,40). The lowest BCUT2D eigenvalue weighted by Gasteiger charge is -2.16. The number of anilines is 1. The third kappa shape index (κ3) is 7.28. The van der Waals surface area contributed by atoms with Crippen molar-refractivity contribution >= 4 is 46.6 Å². The number of nitrogens with zero attached hydrogens (tertiary/aromatic N) is 2. The molecule has 43 heavy (non-hydrogen) atoms. The molecule has 0 aliphatic carbocycles. The van der Waals surface area contributed by atoms with E-state index in [1.165, 1.54) is 11.8 Å². The van der Waals surface area contributed by atoms with E-state index in [9.17, 15) is 14.9 Å². The Hall–Kier alpha value is -4.97. The Bertz CT molecular complexity index is 1810. The van der Waals surface area contributed by atoms with Gasteiger partial charge in [-0.05, 0) is 78.6 Å². The minimum atomic E-state index is -0.571. The molecular formula is C35H27N3O3S2. The van der Waals surface area contributed by atoms with Crippen molar-refractivity contribution in [1.29, 1.82) is 5.26 Å². The summed E-state index contributed by atoms with van der Waals surface area (Å²) in [5, 5.41) is 15.0. The van der Waals surface area contributed by atoms with E-state index < -0.39 is 5.25 Å². The van der Waals surface area contributed by atoms with Gasteiger partial charge in [0.15, 0.2) is 5.78 Å². The fourth-order valence-electron chi connectivity index (χ4n) is 4.31. The van der Waals surface area contributed by atoms with Crippen molar-refractivity contribution in [2.45, 2.75) is 17.2 Å². The van der Waals surface area contributed by atoms with Gasteiger partial charge in [-0.25, -0.2) is 4.98 Å². The van der Waals surface area contributed by atoms with Gasteiger partial charge in [-0.1, -0.05) is 60.3 Å². The third-order valence-electron chi connectivity index (χ3n) is 6.59. The Morgan fingerprint density at radius 3 is 2.44 bits per heavy atom. The number of nitriles is 1. The number of hydrogen-bond donors (Lipinski definition) is 1. The highest BCUT2D eigenvalue weighted by Gasteiger charge is 2.22. The lowest BCUT2D eigenvalue weighted by Crippen LogP contribution is -2.22. The normalized spacial score (nSPS) is 11.6. The number of carbonyl (C=O) groups is 2. The van der Waals surface area contributed by atoms with E-state index in [0.717, 1.165) is 21.6 Å². The van der Waals surface area contributed by atoms with Crippen LogP contribution < -0.4 is 10.1 Å². The number of rotatable bonds is 10. The fraction of sp³-hybridized carbons (Fsp3) is 0.0857. The Morgan fingerprint density at radius 1 is 0.977 bits per heavy atom. The maximum Gasteiger partial charge on any atom is 0.237 e. The third-order valence-corrected chi connectivity index (χ3v) is 8.51. The molecule has 0 spiro atoms. The molecule has 0 saturated carbocycles. The molecule has 2 heterocycles. The summed E-state index contributed by atoms with van der Waals surface area (Å²) in [6, 6.07) is 32.1. The molecule has 0 aliphatic heterocycles. The van der Waals surface area contributed by atoms with E-state index in [-0.39, 0.29) is 11.7 Å². The molecule has 0 fully saturated rings.